The molecule has 1 saturated heterocycles. The Hall–Kier alpha value is -6.60. The van der Waals surface area contributed by atoms with E-state index >= 15 is 4.79 Å². The molecule has 0 unspecified atom stereocenters. The van der Waals surface area contributed by atoms with Crippen LogP contribution in [0.4, 0.5) is 0 Å². The third-order valence-electron chi connectivity index (χ3n) is 14.8. The molecule has 0 aromatic heterocycles. The second-order valence-electron chi connectivity index (χ2n) is 19.9. The Morgan fingerprint density at radius 1 is 0.792 bits per heavy atom. The van der Waals surface area contributed by atoms with Crippen LogP contribution in [0, 0.1) is 22.7 Å². The number of aliphatic hydroxyl groups is 2. The van der Waals surface area contributed by atoms with Gasteiger partial charge < -0.3 is 48.7 Å². The van der Waals surface area contributed by atoms with Crippen LogP contribution in [0.15, 0.2) is 102 Å². The minimum atomic E-state index is -2.51. The molecular formula is C54H61NO17. The zero-order valence-electron chi connectivity index (χ0n) is 41.4. The summed E-state index contributed by atoms with van der Waals surface area (Å²) in [5, 5.41) is 28.6. The number of hydrogen-bond acceptors (Lipinski definition) is 17. The van der Waals surface area contributed by atoms with Crippen molar-refractivity contribution in [3.05, 3.63) is 119 Å². The van der Waals surface area contributed by atoms with Crippen LogP contribution in [0.2, 0.25) is 0 Å². The standard InChI is InChI=1S/C54H61NO17/c1-29(2)36(58)26-66-27-40(59)70-38-24-39-53(28-67-39,72-32(5)57)45-47(71-49(63)35-22-16-11-17-23-35)54(65)25-37(30(3)41(51(54,6)7)44(68-31(4)56)46(61)52(38,45)8)69-50(64)43(60)42(33-18-12-9-13-19-33)55-48(62)34-20-14-10-15-21-34/h9-23,29,37-39,42-45,47,60,65H,24-28H2,1-8H3,(H,55,62)/t37-,38-,39+,42-,43+,44+,45-,47-,52+,53-,54+/m0/s1. The largest absolute Gasteiger partial charge is 0.459 e. The third-order valence-corrected chi connectivity index (χ3v) is 14.8. The lowest BCUT2D eigenvalue weighted by atomic mass is 9.44. The van der Waals surface area contributed by atoms with E-state index in [0.717, 1.165) is 13.8 Å². The summed E-state index contributed by atoms with van der Waals surface area (Å²) < 4.78 is 42.4. The quantitative estimate of drug-likeness (QED) is 0.101. The lowest BCUT2D eigenvalue weighted by molar-refractivity contribution is -0.346. The Bertz CT molecular complexity index is 2620. The summed E-state index contributed by atoms with van der Waals surface area (Å²) in [5.74, 6) is -9.02. The van der Waals surface area contributed by atoms with Gasteiger partial charge in [0.05, 0.1) is 29.5 Å². The van der Waals surface area contributed by atoms with Crippen molar-refractivity contribution in [1.82, 2.24) is 5.32 Å². The van der Waals surface area contributed by atoms with Crippen LogP contribution in [0.5, 0.6) is 0 Å². The molecule has 3 aliphatic carbocycles. The summed E-state index contributed by atoms with van der Waals surface area (Å²) in [5.41, 5.74) is -7.76. The molecule has 72 heavy (non-hydrogen) atoms. The van der Waals surface area contributed by atoms with Gasteiger partial charge in [0, 0.05) is 43.6 Å². The van der Waals surface area contributed by atoms with Gasteiger partial charge in [-0.2, -0.15) is 0 Å². The van der Waals surface area contributed by atoms with Crippen molar-refractivity contribution in [2.45, 2.75) is 122 Å². The van der Waals surface area contributed by atoms with Gasteiger partial charge in [-0.1, -0.05) is 94.4 Å². The number of aliphatic hydroxyl groups excluding tert-OH is 1. The number of ether oxygens (including phenoxy) is 7. The van der Waals surface area contributed by atoms with E-state index in [-0.39, 0.29) is 34.5 Å². The second kappa shape index (κ2) is 20.9. The lowest BCUT2D eigenvalue weighted by Crippen LogP contribution is -2.82. The SMILES string of the molecule is CC(=O)O[C@H]1C(=O)[C@]2(C)[C@@H](OC(=O)COCC(=O)C(C)C)C[C@H]3OC[C@@]3(OC(C)=O)[C@H]2[C@H](OC(=O)c2ccccc2)[C@]2(O)C[C@H](OC(=O)[C@H](O)[C@@H](NC(=O)c3ccccc3)c3ccccc3)C(C)=C1C2(C)C. The summed E-state index contributed by atoms with van der Waals surface area (Å²) in [6, 6.07) is 22.6. The topological polar surface area (TPSA) is 254 Å². The van der Waals surface area contributed by atoms with Crippen molar-refractivity contribution in [1.29, 1.82) is 0 Å². The first-order chi connectivity index (χ1) is 34.0. The van der Waals surface area contributed by atoms with Crippen LogP contribution < -0.4 is 5.32 Å². The second-order valence-corrected chi connectivity index (χ2v) is 19.9. The highest BCUT2D eigenvalue weighted by Crippen LogP contribution is 2.65. The number of rotatable bonds is 16. The predicted molar refractivity (Wildman–Crippen MR) is 252 cm³/mol. The number of carbonyl (C=O) groups excluding carboxylic acids is 8. The van der Waals surface area contributed by atoms with Gasteiger partial charge in [-0.25, -0.2) is 14.4 Å². The number of amides is 1. The summed E-state index contributed by atoms with van der Waals surface area (Å²) in [6.45, 7) is 9.89. The molecule has 3 aromatic rings. The van der Waals surface area contributed by atoms with Crippen LogP contribution in [0.3, 0.4) is 0 Å². The minimum absolute atomic E-state index is 0.0139. The van der Waals surface area contributed by atoms with Crippen molar-refractivity contribution >= 4 is 47.3 Å². The van der Waals surface area contributed by atoms with Crippen LogP contribution in [-0.4, -0.2) is 125 Å². The molecule has 4 aliphatic rings. The van der Waals surface area contributed by atoms with Crippen molar-refractivity contribution in [2.75, 3.05) is 19.8 Å². The molecule has 7 rings (SSSR count). The van der Waals surface area contributed by atoms with Crippen molar-refractivity contribution < 1.29 is 81.7 Å². The molecule has 1 heterocycles. The normalized spacial score (nSPS) is 29.0. The number of esters is 5. The van der Waals surface area contributed by atoms with Crippen LogP contribution >= 0.6 is 0 Å². The number of benzene rings is 3. The maximum atomic E-state index is 16.1. The van der Waals surface area contributed by atoms with E-state index in [1.54, 1.807) is 92.7 Å². The van der Waals surface area contributed by atoms with Crippen molar-refractivity contribution in [2.24, 2.45) is 22.7 Å². The van der Waals surface area contributed by atoms with E-state index < -0.39 is 144 Å². The Labute approximate surface area is 416 Å². The first-order valence-corrected chi connectivity index (χ1v) is 23.8. The maximum Gasteiger partial charge on any atom is 0.338 e. The number of nitrogens with one attached hydrogen (secondary N) is 1. The van der Waals surface area contributed by atoms with E-state index in [4.69, 9.17) is 33.2 Å². The van der Waals surface area contributed by atoms with Gasteiger partial charge in [0.2, 0.25) is 0 Å². The molecule has 0 radical (unpaired) electrons. The van der Waals surface area contributed by atoms with Gasteiger partial charge in [-0.05, 0) is 54.8 Å². The third kappa shape index (κ3) is 9.84. The van der Waals surface area contributed by atoms with Crippen LogP contribution in [-0.2, 0) is 61.9 Å². The predicted octanol–water partition coefficient (Wildman–Crippen LogP) is 4.53. The van der Waals surface area contributed by atoms with E-state index in [0.29, 0.717) is 5.56 Å². The number of Topliss-reactive ketones (excluding diaryl/α,β-unsaturated/α-hetero) is 2. The smallest absolute Gasteiger partial charge is 0.338 e. The van der Waals surface area contributed by atoms with E-state index in [9.17, 15) is 43.8 Å². The Morgan fingerprint density at radius 3 is 1.94 bits per heavy atom. The highest BCUT2D eigenvalue weighted by molar-refractivity contribution is 5.96. The van der Waals surface area contributed by atoms with Gasteiger partial charge in [0.25, 0.3) is 5.91 Å². The molecule has 1 aliphatic heterocycles. The number of ketones is 2. The molecule has 3 fully saturated rings. The highest BCUT2D eigenvalue weighted by Gasteiger charge is 2.79. The fourth-order valence-corrected chi connectivity index (χ4v) is 10.9. The fraction of sp³-hybridized carbons (Fsp3) is 0.481. The minimum Gasteiger partial charge on any atom is -0.459 e. The van der Waals surface area contributed by atoms with Crippen molar-refractivity contribution in [3.63, 3.8) is 0 Å². The molecule has 0 spiro atoms. The Balaban J connectivity index is 1.40. The summed E-state index contributed by atoms with van der Waals surface area (Å²) in [6.07, 6.45) is -11.2. The van der Waals surface area contributed by atoms with Gasteiger partial charge in [0.15, 0.2) is 29.4 Å². The zero-order chi connectivity index (χ0) is 52.5. The van der Waals surface area contributed by atoms with E-state index in [1.165, 1.54) is 39.8 Å². The van der Waals surface area contributed by atoms with Gasteiger partial charge in [-0.15, -0.1) is 0 Å². The van der Waals surface area contributed by atoms with Crippen LogP contribution in [0.25, 0.3) is 0 Å². The molecule has 18 nitrogen and oxygen atoms in total. The monoisotopic (exact) mass is 995 g/mol. The fourth-order valence-electron chi connectivity index (χ4n) is 10.9. The molecular weight excluding hydrogens is 935 g/mol. The number of fused-ring (bicyclic) bond motifs is 5. The summed E-state index contributed by atoms with van der Waals surface area (Å²) in [7, 11) is 0. The molecule has 2 saturated carbocycles. The molecule has 3 N–H and O–H groups in total. The first kappa shape index (κ1) is 53.2. The molecule has 18 heteroatoms. The summed E-state index contributed by atoms with van der Waals surface area (Å²) in [4.78, 5) is 112. The lowest BCUT2D eigenvalue weighted by Gasteiger charge is -2.67. The van der Waals surface area contributed by atoms with Crippen molar-refractivity contribution in [3.8, 4) is 0 Å². The molecule has 11 atom stereocenters. The van der Waals surface area contributed by atoms with Gasteiger partial charge in [0.1, 0.15) is 43.2 Å². The van der Waals surface area contributed by atoms with Gasteiger partial charge in [-0.3, -0.25) is 24.0 Å². The summed E-state index contributed by atoms with van der Waals surface area (Å²) >= 11 is 0. The first-order valence-electron chi connectivity index (χ1n) is 23.8. The number of carbonyl (C=O) groups is 8. The zero-order valence-corrected chi connectivity index (χ0v) is 41.4. The highest BCUT2D eigenvalue weighted by atomic mass is 16.6. The Kier molecular flexibility index (Phi) is 15.4. The molecule has 1 amide bonds. The van der Waals surface area contributed by atoms with Gasteiger partial charge >= 0.3 is 29.8 Å². The molecule has 384 valence electrons. The maximum absolute atomic E-state index is 16.1. The average Bonchev–Trinajstić information content (AvgIpc) is 3.33. The Morgan fingerprint density at radius 2 is 1.39 bits per heavy atom. The van der Waals surface area contributed by atoms with Crippen LogP contribution in [0.1, 0.15) is 101 Å². The average molecular weight is 996 g/mol. The molecule has 3 aromatic carbocycles. The number of hydrogen-bond donors (Lipinski definition) is 3. The molecule has 2 bridgehead atoms. The van der Waals surface area contributed by atoms with E-state index in [1.807, 2.05) is 0 Å². The van der Waals surface area contributed by atoms with E-state index in [2.05, 4.69) is 5.32 Å².